The number of carbonyl (C=O) groups is 1. The van der Waals surface area contributed by atoms with E-state index in [4.69, 9.17) is 4.74 Å². The van der Waals surface area contributed by atoms with E-state index in [2.05, 4.69) is 43.3 Å². The van der Waals surface area contributed by atoms with Gasteiger partial charge in [0.25, 0.3) is 0 Å². The maximum atomic E-state index is 12.0. The maximum Gasteiger partial charge on any atom is 0.308 e. The summed E-state index contributed by atoms with van der Waals surface area (Å²) in [4.78, 5) is 14.1. The molecule has 0 radical (unpaired) electrons. The van der Waals surface area contributed by atoms with Crippen LogP contribution in [0.2, 0.25) is 0 Å². The molecule has 3 heteroatoms. The number of rotatable bonds is 4. The first-order valence-corrected chi connectivity index (χ1v) is 7.56. The molecular formula is C17H25NO2. The first-order chi connectivity index (χ1) is 9.63. The molecule has 0 saturated heterocycles. The Bertz CT molecular complexity index is 456. The molecule has 0 aliphatic heterocycles. The summed E-state index contributed by atoms with van der Waals surface area (Å²) in [6.07, 6.45) is 4.17. The van der Waals surface area contributed by atoms with E-state index in [-0.39, 0.29) is 11.9 Å². The van der Waals surface area contributed by atoms with Crippen LogP contribution >= 0.6 is 0 Å². The lowest BCUT2D eigenvalue weighted by molar-refractivity contribution is -0.149. The minimum Gasteiger partial charge on any atom is -0.466 e. The van der Waals surface area contributed by atoms with Crippen LogP contribution < -0.4 is 4.90 Å². The number of hydrogen-bond acceptors (Lipinski definition) is 3. The van der Waals surface area contributed by atoms with Gasteiger partial charge in [0.1, 0.15) is 0 Å². The fourth-order valence-electron chi connectivity index (χ4n) is 3.19. The van der Waals surface area contributed by atoms with Gasteiger partial charge in [-0.2, -0.15) is 0 Å². The molecule has 2 rings (SSSR count). The van der Waals surface area contributed by atoms with E-state index in [0.29, 0.717) is 12.5 Å². The molecule has 2 atom stereocenters. The summed E-state index contributed by atoms with van der Waals surface area (Å²) in [7, 11) is 4.15. The second kappa shape index (κ2) is 6.78. The topological polar surface area (TPSA) is 29.5 Å². The molecule has 1 aromatic rings. The van der Waals surface area contributed by atoms with Gasteiger partial charge >= 0.3 is 5.97 Å². The SMILES string of the molecule is CCOC(=O)C1CCCC(c2ccccc2N(C)C)C1. The molecule has 3 nitrogen and oxygen atoms in total. The van der Waals surface area contributed by atoms with Crippen LogP contribution in [0.1, 0.15) is 44.1 Å². The van der Waals surface area contributed by atoms with Gasteiger partial charge in [-0.25, -0.2) is 0 Å². The molecule has 1 saturated carbocycles. The van der Waals surface area contributed by atoms with Crippen LogP contribution in [0.4, 0.5) is 5.69 Å². The van der Waals surface area contributed by atoms with Crippen LogP contribution in [-0.4, -0.2) is 26.7 Å². The number of hydrogen-bond donors (Lipinski definition) is 0. The summed E-state index contributed by atoms with van der Waals surface area (Å²) in [5, 5.41) is 0. The highest BCUT2D eigenvalue weighted by atomic mass is 16.5. The summed E-state index contributed by atoms with van der Waals surface area (Å²) < 4.78 is 5.19. The fourth-order valence-corrected chi connectivity index (χ4v) is 3.19. The van der Waals surface area contributed by atoms with E-state index < -0.39 is 0 Å². The molecule has 1 fully saturated rings. The Labute approximate surface area is 121 Å². The van der Waals surface area contributed by atoms with Crippen LogP contribution in [0.3, 0.4) is 0 Å². The third-order valence-electron chi connectivity index (χ3n) is 4.15. The summed E-state index contributed by atoms with van der Waals surface area (Å²) in [6, 6.07) is 8.53. The maximum absolute atomic E-state index is 12.0. The van der Waals surface area contributed by atoms with Crippen molar-refractivity contribution in [1.29, 1.82) is 0 Å². The molecule has 1 aliphatic carbocycles. The van der Waals surface area contributed by atoms with E-state index in [1.165, 1.54) is 17.7 Å². The second-order valence-corrected chi connectivity index (χ2v) is 5.77. The number of benzene rings is 1. The molecule has 1 aliphatic rings. The number of para-hydroxylation sites is 1. The van der Waals surface area contributed by atoms with Gasteiger partial charge < -0.3 is 9.64 Å². The lowest BCUT2D eigenvalue weighted by Crippen LogP contribution is -2.25. The predicted molar refractivity (Wildman–Crippen MR) is 82.1 cm³/mol. The summed E-state index contributed by atoms with van der Waals surface area (Å²) in [6.45, 7) is 2.35. The Morgan fingerprint density at radius 2 is 2.05 bits per heavy atom. The van der Waals surface area contributed by atoms with Crippen molar-refractivity contribution < 1.29 is 9.53 Å². The van der Waals surface area contributed by atoms with Gasteiger partial charge in [-0.1, -0.05) is 24.6 Å². The first kappa shape index (κ1) is 14.9. The van der Waals surface area contributed by atoms with Crippen molar-refractivity contribution in [1.82, 2.24) is 0 Å². The average Bonchev–Trinajstić information content (AvgIpc) is 2.47. The zero-order valence-electron chi connectivity index (χ0n) is 12.8. The van der Waals surface area contributed by atoms with Crippen molar-refractivity contribution >= 4 is 11.7 Å². The normalized spacial score (nSPS) is 22.4. The quantitative estimate of drug-likeness (QED) is 0.786. The highest BCUT2D eigenvalue weighted by Gasteiger charge is 2.30. The third kappa shape index (κ3) is 3.33. The highest BCUT2D eigenvalue weighted by Crippen LogP contribution is 2.40. The van der Waals surface area contributed by atoms with Crippen molar-refractivity contribution in [2.45, 2.75) is 38.5 Å². The van der Waals surface area contributed by atoms with Crippen LogP contribution in [0.25, 0.3) is 0 Å². The van der Waals surface area contributed by atoms with Crippen molar-refractivity contribution in [2.24, 2.45) is 5.92 Å². The molecule has 20 heavy (non-hydrogen) atoms. The minimum absolute atomic E-state index is 0.0143. The zero-order valence-corrected chi connectivity index (χ0v) is 12.8. The Hall–Kier alpha value is -1.51. The molecule has 0 aromatic heterocycles. The van der Waals surface area contributed by atoms with Gasteiger partial charge in [-0.15, -0.1) is 0 Å². The van der Waals surface area contributed by atoms with Gasteiger partial charge in [-0.3, -0.25) is 4.79 Å². The molecule has 0 spiro atoms. The van der Waals surface area contributed by atoms with Gasteiger partial charge in [0.15, 0.2) is 0 Å². The number of esters is 1. The number of nitrogens with zero attached hydrogens (tertiary/aromatic N) is 1. The largest absolute Gasteiger partial charge is 0.466 e. The lowest BCUT2D eigenvalue weighted by Gasteiger charge is -2.30. The Kier molecular flexibility index (Phi) is 5.05. The van der Waals surface area contributed by atoms with Gasteiger partial charge in [0, 0.05) is 19.8 Å². The summed E-state index contributed by atoms with van der Waals surface area (Å²) in [5.41, 5.74) is 2.63. The van der Waals surface area contributed by atoms with Crippen molar-refractivity contribution in [3.8, 4) is 0 Å². The Morgan fingerprint density at radius 1 is 1.30 bits per heavy atom. The van der Waals surface area contributed by atoms with E-state index in [0.717, 1.165) is 19.3 Å². The van der Waals surface area contributed by atoms with E-state index in [1.54, 1.807) is 0 Å². The molecular weight excluding hydrogens is 250 g/mol. The zero-order chi connectivity index (χ0) is 14.5. The molecule has 0 N–H and O–H groups in total. The molecule has 0 amide bonds. The molecule has 2 unspecified atom stereocenters. The second-order valence-electron chi connectivity index (χ2n) is 5.77. The van der Waals surface area contributed by atoms with Crippen molar-refractivity contribution in [3.63, 3.8) is 0 Å². The highest BCUT2D eigenvalue weighted by molar-refractivity contribution is 5.72. The fraction of sp³-hybridized carbons (Fsp3) is 0.588. The van der Waals surface area contributed by atoms with Crippen LogP contribution in [-0.2, 0) is 9.53 Å². The van der Waals surface area contributed by atoms with Crippen LogP contribution in [0, 0.1) is 5.92 Å². The van der Waals surface area contributed by atoms with Crippen LogP contribution in [0.5, 0.6) is 0 Å². The Morgan fingerprint density at radius 3 is 2.75 bits per heavy atom. The summed E-state index contributed by atoms with van der Waals surface area (Å²) >= 11 is 0. The molecule has 0 heterocycles. The van der Waals surface area contributed by atoms with Gasteiger partial charge in [0.2, 0.25) is 0 Å². The van der Waals surface area contributed by atoms with E-state index in [9.17, 15) is 4.79 Å². The minimum atomic E-state index is -0.0143. The predicted octanol–water partition coefficient (Wildman–Crippen LogP) is 3.59. The van der Waals surface area contributed by atoms with Gasteiger partial charge in [0.05, 0.1) is 12.5 Å². The lowest BCUT2D eigenvalue weighted by atomic mass is 9.77. The molecule has 1 aromatic carbocycles. The standard InChI is InChI=1S/C17H25NO2/c1-4-20-17(19)14-9-7-8-13(12-14)15-10-5-6-11-16(15)18(2)3/h5-6,10-11,13-14H,4,7-9,12H2,1-3H3. The monoisotopic (exact) mass is 275 g/mol. The Balaban J connectivity index is 2.15. The van der Waals surface area contributed by atoms with Gasteiger partial charge in [-0.05, 0) is 43.7 Å². The van der Waals surface area contributed by atoms with Crippen molar-refractivity contribution in [2.75, 3.05) is 25.6 Å². The van der Waals surface area contributed by atoms with Crippen molar-refractivity contribution in [3.05, 3.63) is 29.8 Å². The average molecular weight is 275 g/mol. The smallest absolute Gasteiger partial charge is 0.308 e. The first-order valence-electron chi connectivity index (χ1n) is 7.56. The number of ether oxygens (including phenoxy) is 1. The third-order valence-corrected chi connectivity index (χ3v) is 4.15. The number of anilines is 1. The van der Waals surface area contributed by atoms with E-state index >= 15 is 0 Å². The number of carbonyl (C=O) groups excluding carboxylic acids is 1. The molecule has 0 bridgehead atoms. The molecule has 110 valence electrons. The summed E-state index contributed by atoms with van der Waals surface area (Å²) in [5.74, 6) is 0.528. The van der Waals surface area contributed by atoms with E-state index in [1.807, 2.05) is 6.92 Å². The van der Waals surface area contributed by atoms with Crippen LogP contribution in [0.15, 0.2) is 24.3 Å².